The first kappa shape index (κ1) is 15.9. The third kappa shape index (κ3) is 6.23. The van der Waals surface area contributed by atoms with Crippen LogP contribution in [0.25, 0.3) is 0 Å². The zero-order valence-corrected chi connectivity index (χ0v) is 11.3. The van der Waals surface area contributed by atoms with Gasteiger partial charge in [-0.2, -0.15) is 0 Å². The number of carbonyl (C=O) groups excluding carboxylic acids is 2. The fourth-order valence-electron chi connectivity index (χ4n) is 1.36. The highest BCUT2D eigenvalue weighted by molar-refractivity contribution is 5.95. The minimum absolute atomic E-state index is 0.584. The lowest BCUT2D eigenvalue weighted by molar-refractivity contribution is -0.128. The van der Waals surface area contributed by atoms with E-state index in [0.717, 1.165) is 0 Å². The summed E-state index contributed by atoms with van der Waals surface area (Å²) in [6, 6.07) is -0.789. The zero-order chi connectivity index (χ0) is 13.8. The van der Waals surface area contributed by atoms with Gasteiger partial charge in [0.15, 0.2) is 0 Å². The summed E-state index contributed by atoms with van der Waals surface area (Å²) >= 11 is 0. The number of alkyl carbamates (subject to hydrolysis) is 1. The number of rotatable bonds is 3. The van der Waals surface area contributed by atoms with Crippen molar-refractivity contribution in [1.29, 1.82) is 0 Å². The Morgan fingerprint density at radius 2 is 1.76 bits per heavy atom. The van der Waals surface area contributed by atoms with Gasteiger partial charge in [-0.25, -0.2) is 4.79 Å². The lowest BCUT2D eigenvalue weighted by Gasteiger charge is -2.26. The summed E-state index contributed by atoms with van der Waals surface area (Å²) in [6.45, 7) is 6.60. The topological polar surface area (TPSA) is 78.9 Å². The third-order valence-electron chi connectivity index (χ3n) is 1.91. The fraction of sp³-hybridized carbons (Fsp3) is 0.818. The van der Waals surface area contributed by atoms with E-state index in [0.29, 0.717) is 0 Å². The Hall–Kier alpha value is -1.14. The summed E-state index contributed by atoms with van der Waals surface area (Å²) < 4.78 is 4.95. The maximum atomic E-state index is 11.7. The normalized spacial score (nSPS) is 15.3. The number of aliphatic hydroxyl groups is 1. The van der Waals surface area contributed by atoms with Crippen molar-refractivity contribution in [2.45, 2.75) is 45.4 Å². The summed E-state index contributed by atoms with van der Waals surface area (Å²) in [5, 5.41) is 11.5. The molecule has 17 heavy (non-hydrogen) atoms. The van der Waals surface area contributed by atoms with Crippen LogP contribution in [0.2, 0.25) is 0 Å². The number of nitrogens with zero attached hydrogens (tertiary/aromatic N) is 1. The Morgan fingerprint density at radius 3 is 2.06 bits per heavy atom. The van der Waals surface area contributed by atoms with E-state index in [4.69, 9.17) is 4.74 Å². The van der Waals surface area contributed by atoms with E-state index in [9.17, 15) is 14.7 Å². The van der Waals surface area contributed by atoms with Gasteiger partial charge in [0.05, 0.1) is 6.10 Å². The van der Waals surface area contributed by atoms with Crippen LogP contribution in [-0.4, -0.2) is 53.8 Å². The molecule has 0 bridgehead atoms. The molecule has 0 saturated carbocycles. The van der Waals surface area contributed by atoms with E-state index in [1.54, 1.807) is 34.9 Å². The molecule has 0 heterocycles. The Labute approximate surface area is 102 Å². The lowest BCUT2D eigenvalue weighted by atomic mass is 10.1. The molecular formula is C11H22N2O4. The Kier molecular flexibility index (Phi) is 5.57. The molecule has 0 aliphatic rings. The van der Waals surface area contributed by atoms with Crippen molar-refractivity contribution < 1.29 is 19.4 Å². The van der Waals surface area contributed by atoms with Gasteiger partial charge in [0.1, 0.15) is 11.6 Å². The van der Waals surface area contributed by atoms with Gasteiger partial charge in [-0.15, -0.1) is 0 Å². The number of ether oxygens (including phenoxy) is 1. The second kappa shape index (κ2) is 5.97. The molecule has 2 atom stereocenters. The zero-order valence-electron chi connectivity index (χ0n) is 11.3. The first-order valence-electron chi connectivity index (χ1n) is 5.43. The molecule has 0 unspecified atom stereocenters. The summed E-state index contributed by atoms with van der Waals surface area (Å²) in [5.74, 6) is -0.584. The van der Waals surface area contributed by atoms with Gasteiger partial charge >= 0.3 is 6.09 Å². The number of carbonyl (C=O) groups is 2. The van der Waals surface area contributed by atoms with Gasteiger partial charge in [-0.05, 0) is 41.8 Å². The van der Waals surface area contributed by atoms with Gasteiger partial charge in [0, 0.05) is 0 Å². The quantitative estimate of drug-likeness (QED) is 0.751. The van der Waals surface area contributed by atoms with Crippen LogP contribution in [0.5, 0.6) is 0 Å². The monoisotopic (exact) mass is 246 g/mol. The van der Waals surface area contributed by atoms with Crippen molar-refractivity contribution in [3.05, 3.63) is 0 Å². The first-order valence-corrected chi connectivity index (χ1v) is 5.43. The molecule has 2 amide bonds. The number of likely N-dealkylation sites (N-methyl/N-ethyl adjacent to an activating group) is 1. The van der Waals surface area contributed by atoms with Crippen LogP contribution < -0.4 is 5.32 Å². The number of aliphatic hydroxyl groups excluding tert-OH is 1. The molecule has 0 saturated heterocycles. The van der Waals surface area contributed by atoms with Crippen LogP contribution in [-0.2, 0) is 9.53 Å². The minimum Gasteiger partial charge on any atom is -0.444 e. The van der Waals surface area contributed by atoms with Crippen LogP contribution in [0.1, 0.15) is 27.7 Å². The molecule has 0 aliphatic heterocycles. The van der Waals surface area contributed by atoms with Crippen LogP contribution in [0.3, 0.4) is 0 Å². The standard InChI is InChI=1S/C11H22N2O4/c1-7(14)8(13(5)6)9(15)12-10(16)17-11(2,3)4/h7-8,14H,1-6H3,(H,12,15,16)/t7-,8+/m1/s1. The molecule has 6 heteroatoms. The van der Waals surface area contributed by atoms with Gasteiger partial charge in [-0.3, -0.25) is 15.0 Å². The molecular weight excluding hydrogens is 224 g/mol. The predicted molar refractivity (Wildman–Crippen MR) is 63.5 cm³/mol. The molecule has 0 rings (SSSR count). The SMILES string of the molecule is C[C@@H](O)[C@@H](C(=O)NC(=O)OC(C)(C)C)N(C)C. The van der Waals surface area contributed by atoms with Gasteiger partial charge in [0.25, 0.3) is 0 Å². The second-order valence-electron chi connectivity index (χ2n) is 5.14. The molecule has 100 valence electrons. The Balaban J connectivity index is 4.47. The van der Waals surface area contributed by atoms with Crippen molar-refractivity contribution in [3.63, 3.8) is 0 Å². The summed E-state index contributed by atoms with van der Waals surface area (Å²) in [7, 11) is 3.29. The number of hydrogen-bond acceptors (Lipinski definition) is 5. The molecule has 0 aromatic rings. The molecule has 6 nitrogen and oxygen atoms in total. The largest absolute Gasteiger partial charge is 0.444 e. The predicted octanol–water partition coefficient (Wildman–Crippen LogP) is 0.349. The molecule has 0 radical (unpaired) electrons. The van der Waals surface area contributed by atoms with Gasteiger partial charge in [-0.1, -0.05) is 0 Å². The average molecular weight is 246 g/mol. The highest BCUT2D eigenvalue weighted by Crippen LogP contribution is 2.07. The smallest absolute Gasteiger partial charge is 0.414 e. The molecule has 0 aromatic heterocycles. The highest BCUT2D eigenvalue weighted by atomic mass is 16.6. The Bertz CT molecular complexity index is 274. The second-order valence-corrected chi connectivity index (χ2v) is 5.14. The molecule has 0 fully saturated rings. The van der Waals surface area contributed by atoms with Crippen LogP contribution in [0.4, 0.5) is 4.79 Å². The van der Waals surface area contributed by atoms with Crippen molar-refractivity contribution in [1.82, 2.24) is 10.2 Å². The fourth-order valence-corrected chi connectivity index (χ4v) is 1.36. The van der Waals surface area contributed by atoms with Gasteiger partial charge in [0.2, 0.25) is 5.91 Å². The third-order valence-corrected chi connectivity index (χ3v) is 1.91. The van der Waals surface area contributed by atoms with Crippen molar-refractivity contribution in [3.8, 4) is 0 Å². The van der Waals surface area contributed by atoms with Crippen LogP contribution >= 0.6 is 0 Å². The summed E-state index contributed by atoms with van der Waals surface area (Å²) in [4.78, 5) is 24.6. The Morgan fingerprint density at radius 1 is 1.29 bits per heavy atom. The number of nitrogens with one attached hydrogen (secondary N) is 1. The van der Waals surface area contributed by atoms with Gasteiger partial charge < -0.3 is 9.84 Å². The van der Waals surface area contributed by atoms with E-state index >= 15 is 0 Å². The van der Waals surface area contributed by atoms with E-state index < -0.39 is 29.7 Å². The van der Waals surface area contributed by atoms with E-state index in [2.05, 4.69) is 5.32 Å². The van der Waals surface area contributed by atoms with Crippen molar-refractivity contribution in [2.24, 2.45) is 0 Å². The van der Waals surface area contributed by atoms with Crippen molar-refractivity contribution >= 4 is 12.0 Å². The maximum Gasteiger partial charge on any atom is 0.414 e. The lowest BCUT2D eigenvalue weighted by Crippen LogP contribution is -2.51. The summed E-state index contributed by atoms with van der Waals surface area (Å²) in [5.41, 5.74) is -0.664. The maximum absolute atomic E-state index is 11.7. The minimum atomic E-state index is -0.882. The summed E-state index contributed by atoms with van der Waals surface area (Å²) in [6.07, 6.45) is -1.69. The molecule has 0 aliphatic carbocycles. The number of imide groups is 1. The van der Waals surface area contributed by atoms with Crippen molar-refractivity contribution in [2.75, 3.05) is 14.1 Å². The van der Waals surface area contributed by atoms with E-state index in [1.807, 2.05) is 0 Å². The van der Waals surface area contributed by atoms with E-state index in [1.165, 1.54) is 11.8 Å². The highest BCUT2D eigenvalue weighted by Gasteiger charge is 2.28. The number of amides is 2. The van der Waals surface area contributed by atoms with Crippen LogP contribution in [0.15, 0.2) is 0 Å². The van der Waals surface area contributed by atoms with E-state index in [-0.39, 0.29) is 0 Å². The molecule has 2 N–H and O–H groups in total. The first-order chi connectivity index (χ1) is 7.54. The molecule has 0 spiro atoms. The number of hydrogen-bond donors (Lipinski definition) is 2. The molecule has 0 aromatic carbocycles. The van der Waals surface area contributed by atoms with Crippen LogP contribution in [0, 0.1) is 0 Å². The average Bonchev–Trinajstić information content (AvgIpc) is 1.96.